The summed E-state index contributed by atoms with van der Waals surface area (Å²) in [5.74, 6) is -2.70. The number of rotatable bonds is 9. The molecule has 1 fully saturated rings. The Bertz CT molecular complexity index is 1240. The van der Waals surface area contributed by atoms with Crippen molar-refractivity contribution in [3.8, 4) is 11.5 Å². The van der Waals surface area contributed by atoms with Gasteiger partial charge in [-0.3, -0.25) is 9.59 Å². The lowest BCUT2D eigenvalue weighted by molar-refractivity contribution is -0.161. The van der Waals surface area contributed by atoms with E-state index in [1.165, 1.54) is 31.5 Å². The number of esters is 2. The van der Waals surface area contributed by atoms with E-state index in [4.69, 9.17) is 23.7 Å². The Hall–Kier alpha value is -3.71. The average Bonchev–Trinajstić information content (AvgIpc) is 2.95. The van der Waals surface area contributed by atoms with Gasteiger partial charge in [0.2, 0.25) is 5.75 Å². The molecule has 13 heteroatoms. The zero-order valence-electron chi connectivity index (χ0n) is 24.0. The van der Waals surface area contributed by atoms with E-state index in [1.54, 1.807) is 6.92 Å². The van der Waals surface area contributed by atoms with E-state index in [9.17, 15) is 27.6 Å². The van der Waals surface area contributed by atoms with Crippen LogP contribution in [0.25, 0.3) is 0 Å². The number of ether oxygens (including phenoxy) is 5. The van der Waals surface area contributed by atoms with Crippen LogP contribution in [-0.4, -0.2) is 68.0 Å². The second-order valence-electron chi connectivity index (χ2n) is 10.3. The maximum atomic E-state index is 13.2. The van der Waals surface area contributed by atoms with Gasteiger partial charge in [-0.15, -0.1) is 0 Å². The minimum Gasteiger partial charge on any atom is -0.493 e. The van der Waals surface area contributed by atoms with Crippen molar-refractivity contribution in [1.29, 1.82) is 0 Å². The van der Waals surface area contributed by atoms with Crippen molar-refractivity contribution in [2.45, 2.75) is 58.5 Å². The summed E-state index contributed by atoms with van der Waals surface area (Å²) in [6, 6.07) is 4.98. The largest absolute Gasteiger partial charge is 0.493 e. The summed E-state index contributed by atoms with van der Waals surface area (Å²) in [6.45, 7) is 6.84. The molecule has 1 amide bonds. The molecule has 0 radical (unpaired) electrons. The summed E-state index contributed by atoms with van der Waals surface area (Å²) in [6.07, 6.45) is -4.32. The third kappa shape index (κ3) is 8.89. The Labute approximate surface area is 241 Å². The molecule has 1 aromatic carbocycles. The summed E-state index contributed by atoms with van der Waals surface area (Å²) in [5.41, 5.74) is -0.420. The van der Waals surface area contributed by atoms with E-state index < -0.39 is 53.8 Å². The van der Waals surface area contributed by atoms with Crippen LogP contribution in [0.5, 0.6) is 11.5 Å². The summed E-state index contributed by atoms with van der Waals surface area (Å²) in [5, 5.41) is 2.52. The van der Waals surface area contributed by atoms with Crippen LogP contribution in [0.1, 0.15) is 49.3 Å². The third-order valence-electron chi connectivity index (χ3n) is 6.39. The van der Waals surface area contributed by atoms with Crippen LogP contribution in [0, 0.1) is 11.8 Å². The molecular formula is C29H35F3N2O8. The quantitative estimate of drug-likeness (QED) is 0.428. The maximum Gasteiger partial charge on any atom is 0.416 e. The van der Waals surface area contributed by atoms with Gasteiger partial charge in [-0.05, 0) is 37.0 Å². The van der Waals surface area contributed by atoms with Gasteiger partial charge in [-0.25, -0.2) is 9.78 Å². The first-order chi connectivity index (χ1) is 19.8. The fourth-order valence-corrected chi connectivity index (χ4v) is 4.42. The fraction of sp³-hybridized carbons (Fsp3) is 0.517. The number of alkyl halides is 3. The molecule has 1 aromatic heterocycles. The van der Waals surface area contributed by atoms with Crippen LogP contribution >= 0.6 is 0 Å². The molecule has 1 saturated heterocycles. The Morgan fingerprint density at radius 3 is 2.43 bits per heavy atom. The van der Waals surface area contributed by atoms with Crippen LogP contribution < -0.4 is 14.8 Å². The summed E-state index contributed by atoms with van der Waals surface area (Å²) >= 11 is 0. The van der Waals surface area contributed by atoms with E-state index in [1.807, 2.05) is 13.8 Å². The van der Waals surface area contributed by atoms with E-state index >= 15 is 0 Å². The zero-order valence-corrected chi connectivity index (χ0v) is 24.0. The zero-order chi connectivity index (χ0) is 31.0. The predicted molar refractivity (Wildman–Crippen MR) is 143 cm³/mol. The highest BCUT2D eigenvalue weighted by atomic mass is 19.4. The van der Waals surface area contributed by atoms with Gasteiger partial charge < -0.3 is 29.0 Å². The lowest BCUT2D eigenvalue weighted by Crippen LogP contribution is -2.46. The molecule has 42 heavy (non-hydrogen) atoms. The van der Waals surface area contributed by atoms with Crippen LogP contribution in [0.2, 0.25) is 0 Å². The van der Waals surface area contributed by atoms with Crippen molar-refractivity contribution in [2.24, 2.45) is 11.8 Å². The number of benzene rings is 1. The van der Waals surface area contributed by atoms with Crippen molar-refractivity contribution in [1.82, 2.24) is 10.3 Å². The Morgan fingerprint density at radius 1 is 1.14 bits per heavy atom. The molecule has 230 valence electrons. The highest BCUT2D eigenvalue weighted by molar-refractivity contribution is 5.98. The second kappa shape index (κ2) is 14.5. The van der Waals surface area contributed by atoms with Gasteiger partial charge in [0.1, 0.15) is 6.10 Å². The first kappa shape index (κ1) is 32.8. The fourth-order valence-electron chi connectivity index (χ4n) is 4.42. The van der Waals surface area contributed by atoms with Crippen molar-refractivity contribution in [3.05, 3.63) is 53.3 Å². The van der Waals surface area contributed by atoms with Crippen molar-refractivity contribution in [3.63, 3.8) is 0 Å². The van der Waals surface area contributed by atoms with Gasteiger partial charge in [0.15, 0.2) is 17.5 Å². The van der Waals surface area contributed by atoms with E-state index in [-0.39, 0.29) is 36.3 Å². The standard InChI is InChI=1S/C29H35F3N2O8/c1-16(2)13-40-25-17(3)41-28(37)22(34-27(36)24-26(42-18(4)35)23(38-5)10-11-33-24)15-39-14-20(25)12-19-6-8-21(9-7-19)29(30,31)32/h6-11,16-17,20,22,25H,12-15H2,1-5H3,(H,34,36)/t17-,20-,22-,25-/m0/s1. The topological polar surface area (TPSA) is 122 Å². The van der Waals surface area contributed by atoms with Gasteiger partial charge in [0.25, 0.3) is 5.91 Å². The number of nitrogens with zero attached hydrogens (tertiary/aromatic N) is 1. The van der Waals surface area contributed by atoms with Gasteiger partial charge >= 0.3 is 18.1 Å². The van der Waals surface area contributed by atoms with Gasteiger partial charge in [0, 0.05) is 31.7 Å². The molecule has 1 N–H and O–H groups in total. The van der Waals surface area contributed by atoms with Crippen LogP contribution in [0.3, 0.4) is 0 Å². The molecule has 0 saturated carbocycles. The smallest absolute Gasteiger partial charge is 0.416 e. The Balaban J connectivity index is 1.82. The molecule has 2 aromatic rings. The number of halogens is 3. The number of aromatic nitrogens is 1. The second-order valence-corrected chi connectivity index (χ2v) is 10.3. The van der Waals surface area contributed by atoms with Crippen LogP contribution in [0.4, 0.5) is 13.2 Å². The monoisotopic (exact) mass is 596 g/mol. The van der Waals surface area contributed by atoms with Crippen LogP contribution in [-0.2, 0) is 36.4 Å². The van der Waals surface area contributed by atoms with Crippen molar-refractivity contribution in [2.75, 3.05) is 26.9 Å². The average molecular weight is 597 g/mol. The number of pyridine rings is 1. The van der Waals surface area contributed by atoms with Crippen molar-refractivity contribution < 1.29 is 51.2 Å². The van der Waals surface area contributed by atoms with E-state index in [2.05, 4.69) is 10.3 Å². The van der Waals surface area contributed by atoms with Gasteiger partial charge in [-0.2, -0.15) is 13.2 Å². The number of methoxy groups -OCH3 is 1. The molecule has 0 aliphatic carbocycles. The number of hydrogen-bond donors (Lipinski definition) is 1. The number of cyclic esters (lactones) is 1. The molecule has 0 bridgehead atoms. The number of carbonyl (C=O) groups is 3. The Morgan fingerprint density at radius 2 is 1.83 bits per heavy atom. The third-order valence-corrected chi connectivity index (χ3v) is 6.39. The molecule has 0 spiro atoms. The lowest BCUT2D eigenvalue weighted by atomic mass is 9.91. The highest BCUT2D eigenvalue weighted by Crippen LogP contribution is 2.31. The van der Waals surface area contributed by atoms with Crippen molar-refractivity contribution >= 4 is 17.8 Å². The highest BCUT2D eigenvalue weighted by Gasteiger charge is 2.37. The minimum absolute atomic E-state index is 0.0627. The number of amides is 1. The molecule has 3 rings (SSSR count). The van der Waals surface area contributed by atoms with E-state index in [0.717, 1.165) is 19.1 Å². The molecule has 1 aliphatic heterocycles. The number of nitrogens with one attached hydrogen (secondary N) is 1. The van der Waals surface area contributed by atoms with E-state index in [0.29, 0.717) is 18.6 Å². The normalized spacial score (nSPS) is 21.5. The SMILES string of the molecule is COc1ccnc(C(=O)N[C@H]2COC[C@H](Cc3ccc(C(F)(F)F)cc3)[C@@H](OCC(C)C)[C@H](C)OC2=O)c1OC(C)=O. The lowest BCUT2D eigenvalue weighted by Gasteiger charge is -2.31. The first-order valence-electron chi connectivity index (χ1n) is 13.4. The van der Waals surface area contributed by atoms with Gasteiger partial charge in [0.05, 0.1) is 32.0 Å². The summed E-state index contributed by atoms with van der Waals surface area (Å²) in [7, 11) is 1.33. The molecule has 4 atom stereocenters. The predicted octanol–water partition coefficient (Wildman–Crippen LogP) is 3.99. The molecular weight excluding hydrogens is 561 g/mol. The minimum atomic E-state index is -4.45. The maximum absolute atomic E-state index is 13.2. The summed E-state index contributed by atoms with van der Waals surface area (Å²) < 4.78 is 67.1. The molecule has 1 aliphatic rings. The number of hydrogen-bond acceptors (Lipinski definition) is 9. The van der Waals surface area contributed by atoms with Gasteiger partial charge in [-0.1, -0.05) is 26.0 Å². The molecule has 2 heterocycles. The first-order valence-corrected chi connectivity index (χ1v) is 13.4. The Kier molecular flexibility index (Phi) is 11.3. The summed E-state index contributed by atoms with van der Waals surface area (Å²) in [4.78, 5) is 41.9. The molecule has 10 nitrogen and oxygen atoms in total. The number of carbonyl (C=O) groups excluding carboxylic acids is 3. The molecule has 0 unspecified atom stereocenters. The van der Waals surface area contributed by atoms with Crippen LogP contribution in [0.15, 0.2) is 36.5 Å².